The molecule has 3 aliphatic rings. The lowest BCUT2D eigenvalue weighted by atomic mass is 9.87. The maximum Gasteiger partial charge on any atom is 0.241 e. The highest BCUT2D eigenvalue weighted by Crippen LogP contribution is 2.54. The zero-order chi connectivity index (χ0) is 22.5. The van der Waals surface area contributed by atoms with Gasteiger partial charge in [0.25, 0.3) is 0 Å². The van der Waals surface area contributed by atoms with Crippen LogP contribution in [0.5, 0.6) is 0 Å². The number of aliphatic imine (C=N–C) groups is 2. The van der Waals surface area contributed by atoms with E-state index in [1.54, 1.807) is 0 Å². The standard InChI is InChI=1S/C27H21N7/c1-2-20-12-22(7-8-23(20)30-11-1)27(9-10-27)25-16-32-26-31-15-24(33-34(25)26)19-5-3-18(4-6-19)21-13-28-17-29-14-21/h1-8,11-15,17,25H,9-10,16H2. The lowest BCUT2D eigenvalue weighted by molar-refractivity contribution is 0.294. The van der Waals surface area contributed by atoms with E-state index in [4.69, 9.17) is 10.1 Å². The molecule has 2 aliphatic heterocycles. The predicted molar refractivity (Wildman–Crippen MR) is 133 cm³/mol. The molecule has 2 aromatic heterocycles. The Labute approximate surface area is 196 Å². The molecule has 4 aromatic rings. The van der Waals surface area contributed by atoms with Crippen LogP contribution < -0.4 is 0 Å². The SMILES string of the molecule is C1=NC2=NCC(C3(c4ccc5ncccc5c4)CC3)N2N=C1c1ccc(-c2cncnc2)cc1. The van der Waals surface area contributed by atoms with Crippen LogP contribution in [0.2, 0.25) is 0 Å². The molecule has 4 heterocycles. The number of hydrogen-bond acceptors (Lipinski definition) is 7. The number of hydrogen-bond donors (Lipinski definition) is 0. The summed E-state index contributed by atoms with van der Waals surface area (Å²) in [5.41, 5.74) is 6.35. The Bertz CT molecular complexity index is 1480. The molecule has 7 heteroatoms. The van der Waals surface area contributed by atoms with Crippen molar-refractivity contribution >= 4 is 28.8 Å². The molecule has 1 unspecified atom stereocenters. The van der Waals surface area contributed by atoms with Crippen LogP contribution in [0.25, 0.3) is 22.0 Å². The van der Waals surface area contributed by atoms with E-state index >= 15 is 0 Å². The third-order valence-electron chi connectivity index (χ3n) is 7.10. The van der Waals surface area contributed by atoms with E-state index in [1.807, 2.05) is 30.9 Å². The molecule has 34 heavy (non-hydrogen) atoms. The molecular formula is C27H21N7. The molecule has 164 valence electrons. The average molecular weight is 444 g/mol. The van der Waals surface area contributed by atoms with Gasteiger partial charge in [0, 0.05) is 40.5 Å². The highest BCUT2D eigenvalue weighted by atomic mass is 15.6. The van der Waals surface area contributed by atoms with E-state index in [-0.39, 0.29) is 11.5 Å². The van der Waals surface area contributed by atoms with E-state index in [0.29, 0.717) is 12.5 Å². The van der Waals surface area contributed by atoms with Gasteiger partial charge in [-0.1, -0.05) is 36.4 Å². The molecule has 0 amide bonds. The summed E-state index contributed by atoms with van der Waals surface area (Å²) in [6.07, 6.45) is 11.1. The van der Waals surface area contributed by atoms with Crippen molar-refractivity contribution in [3.63, 3.8) is 0 Å². The fraction of sp³-hybridized carbons (Fsp3) is 0.185. The van der Waals surface area contributed by atoms with Crippen molar-refractivity contribution in [1.29, 1.82) is 0 Å². The number of benzene rings is 2. The minimum atomic E-state index is 0.0495. The number of hydrazone groups is 1. The summed E-state index contributed by atoms with van der Waals surface area (Å²) in [4.78, 5) is 22.1. The van der Waals surface area contributed by atoms with Crippen molar-refractivity contribution in [3.05, 3.63) is 90.6 Å². The molecule has 1 saturated carbocycles. The van der Waals surface area contributed by atoms with Crippen LogP contribution in [0.15, 0.2) is 94.6 Å². The number of rotatable bonds is 4. The quantitative estimate of drug-likeness (QED) is 0.472. The summed E-state index contributed by atoms with van der Waals surface area (Å²) < 4.78 is 0. The monoisotopic (exact) mass is 443 g/mol. The molecule has 1 atom stereocenters. The van der Waals surface area contributed by atoms with E-state index in [1.165, 1.54) is 17.3 Å². The van der Waals surface area contributed by atoms with E-state index in [2.05, 4.69) is 73.5 Å². The highest BCUT2D eigenvalue weighted by molar-refractivity contribution is 6.40. The fourth-order valence-electron chi connectivity index (χ4n) is 5.09. The van der Waals surface area contributed by atoms with Gasteiger partial charge >= 0.3 is 0 Å². The summed E-state index contributed by atoms with van der Waals surface area (Å²) in [5.74, 6) is 0.709. The number of nitrogens with zero attached hydrogens (tertiary/aromatic N) is 7. The van der Waals surface area contributed by atoms with Gasteiger partial charge in [-0.25, -0.2) is 25.0 Å². The molecular weight excluding hydrogens is 422 g/mol. The normalized spacial score (nSPS) is 20.1. The maximum absolute atomic E-state index is 5.02. The average Bonchev–Trinajstić information content (AvgIpc) is 3.61. The zero-order valence-electron chi connectivity index (χ0n) is 18.4. The molecule has 1 aliphatic carbocycles. The Hall–Kier alpha value is -4.26. The van der Waals surface area contributed by atoms with Crippen LogP contribution >= 0.6 is 0 Å². The molecule has 0 N–H and O–H groups in total. The first-order valence-electron chi connectivity index (χ1n) is 11.5. The lowest BCUT2D eigenvalue weighted by Crippen LogP contribution is -2.43. The van der Waals surface area contributed by atoms with Gasteiger partial charge in [0.2, 0.25) is 5.96 Å². The van der Waals surface area contributed by atoms with Crippen LogP contribution in [0, 0.1) is 0 Å². The van der Waals surface area contributed by atoms with Crippen LogP contribution in [0.4, 0.5) is 0 Å². The zero-order valence-corrected chi connectivity index (χ0v) is 18.4. The Kier molecular flexibility index (Phi) is 4.17. The number of fused-ring (bicyclic) bond motifs is 2. The van der Waals surface area contributed by atoms with Gasteiger partial charge in [0.15, 0.2) is 0 Å². The van der Waals surface area contributed by atoms with Crippen LogP contribution in [0.3, 0.4) is 0 Å². The summed E-state index contributed by atoms with van der Waals surface area (Å²) in [7, 11) is 0. The Morgan fingerprint density at radius 2 is 1.71 bits per heavy atom. The summed E-state index contributed by atoms with van der Waals surface area (Å²) in [5, 5.41) is 8.25. The summed E-state index contributed by atoms with van der Waals surface area (Å²) in [6.45, 7) is 0.710. The molecule has 0 bridgehead atoms. The molecule has 2 aromatic carbocycles. The molecule has 0 saturated heterocycles. The second-order valence-electron chi connectivity index (χ2n) is 9.02. The largest absolute Gasteiger partial charge is 0.256 e. The number of guanidine groups is 1. The van der Waals surface area contributed by atoms with Gasteiger partial charge < -0.3 is 0 Å². The first-order chi connectivity index (χ1) is 16.8. The first-order valence-corrected chi connectivity index (χ1v) is 11.5. The van der Waals surface area contributed by atoms with Gasteiger partial charge in [-0.05, 0) is 42.2 Å². The van der Waals surface area contributed by atoms with Gasteiger partial charge in [-0.15, -0.1) is 0 Å². The summed E-state index contributed by atoms with van der Waals surface area (Å²) >= 11 is 0. The molecule has 7 rings (SSSR count). The van der Waals surface area contributed by atoms with Crippen molar-refractivity contribution in [2.75, 3.05) is 6.54 Å². The second kappa shape index (κ2) is 7.38. The van der Waals surface area contributed by atoms with Crippen molar-refractivity contribution in [3.8, 4) is 11.1 Å². The van der Waals surface area contributed by atoms with Crippen LogP contribution in [-0.2, 0) is 5.41 Å². The van der Waals surface area contributed by atoms with Gasteiger partial charge in [0.1, 0.15) is 12.0 Å². The number of pyridine rings is 1. The Balaban J connectivity index is 1.20. The third-order valence-corrected chi connectivity index (χ3v) is 7.10. The number of aromatic nitrogens is 3. The first kappa shape index (κ1) is 19.2. The van der Waals surface area contributed by atoms with E-state index < -0.39 is 0 Å². The van der Waals surface area contributed by atoms with Gasteiger partial charge in [0.05, 0.1) is 24.3 Å². The maximum atomic E-state index is 5.02. The smallest absolute Gasteiger partial charge is 0.241 e. The van der Waals surface area contributed by atoms with Gasteiger partial charge in [-0.2, -0.15) is 5.10 Å². The van der Waals surface area contributed by atoms with Crippen LogP contribution in [-0.4, -0.2) is 50.4 Å². The Morgan fingerprint density at radius 3 is 2.53 bits per heavy atom. The van der Waals surface area contributed by atoms with Crippen LogP contribution in [0.1, 0.15) is 24.0 Å². The Morgan fingerprint density at radius 1 is 0.882 bits per heavy atom. The molecule has 0 radical (unpaired) electrons. The predicted octanol–water partition coefficient (Wildman–Crippen LogP) is 4.25. The highest BCUT2D eigenvalue weighted by Gasteiger charge is 2.55. The van der Waals surface area contributed by atoms with Gasteiger partial charge in [-0.3, -0.25) is 4.98 Å². The topological polar surface area (TPSA) is 79.0 Å². The van der Waals surface area contributed by atoms with E-state index in [0.717, 1.165) is 40.8 Å². The van der Waals surface area contributed by atoms with Crippen molar-refractivity contribution in [2.24, 2.45) is 15.1 Å². The fourth-order valence-corrected chi connectivity index (χ4v) is 5.09. The molecule has 1 fully saturated rings. The second-order valence-corrected chi connectivity index (χ2v) is 9.02. The van der Waals surface area contributed by atoms with Crippen molar-refractivity contribution < 1.29 is 0 Å². The minimum absolute atomic E-state index is 0.0495. The molecule has 0 spiro atoms. The van der Waals surface area contributed by atoms with Crippen molar-refractivity contribution in [1.82, 2.24) is 20.0 Å². The third kappa shape index (κ3) is 3.04. The molecule has 7 nitrogen and oxygen atoms in total. The van der Waals surface area contributed by atoms with E-state index in [9.17, 15) is 0 Å². The van der Waals surface area contributed by atoms with Crippen molar-refractivity contribution in [2.45, 2.75) is 24.3 Å². The minimum Gasteiger partial charge on any atom is -0.256 e. The summed E-state index contributed by atoms with van der Waals surface area (Å²) in [6, 6.07) is 19.2. The lowest BCUT2D eigenvalue weighted by Gasteiger charge is -2.31.